The molecular formula is C21H23N5O. The molecule has 0 spiro atoms. The molecule has 0 fully saturated rings. The van der Waals surface area contributed by atoms with Crippen molar-refractivity contribution in [2.24, 2.45) is 7.05 Å². The average Bonchev–Trinajstić information content (AvgIpc) is 3.15. The summed E-state index contributed by atoms with van der Waals surface area (Å²) in [6.07, 6.45) is 3.18. The van der Waals surface area contributed by atoms with Crippen molar-refractivity contribution >= 4 is 33.5 Å². The largest absolute Gasteiger partial charge is 0.347 e. The predicted molar refractivity (Wildman–Crippen MR) is 108 cm³/mol. The number of anilines is 1. The van der Waals surface area contributed by atoms with Gasteiger partial charge in [0.2, 0.25) is 0 Å². The molecule has 138 valence electrons. The molecule has 4 rings (SSSR count). The van der Waals surface area contributed by atoms with Crippen molar-refractivity contribution in [2.75, 3.05) is 5.32 Å². The molecule has 1 N–H and O–H groups in total. The molecule has 0 atom stereocenters. The zero-order valence-corrected chi connectivity index (χ0v) is 16.1. The molecule has 0 aliphatic carbocycles. The van der Waals surface area contributed by atoms with Crippen LogP contribution in [-0.4, -0.2) is 25.2 Å². The van der Waals surface area contributed by atoms with Gasteiger partial charge in [-0.1, -0.05) is 6.92 Å². The van der Waals surface area contributed by atoms with Crippen LogP contribution >= 0.6 is 0 Å². The molecule has 0 aliphatic rings. The van der Waals surface area contributed by atoms with E-state index in [-0.39, 0.29) is 5.91 Å². The molecule has 3 aromatic heterocycles. The van der Waals surface area contributed by atoms with Gasteiger partial charge in [0.1, 0.15) is 0 Å². The highest BCUT2D eigenvalue weighted by atomic mass is 16.1. The second-order valence-electron chi connectivity index (χ2n) is 6.96. The summed E-state index contributed by atoms with van der Waals surface area (Å²) in [7, 11) is 1.85. The van der Waals surface area contributed by atoms with Crippen molar-refractivity contribution in [3.63, 3.8) is 0 Å². The van der Waals surface area contributed by atoms with Gasteiger partial charge in [-0.3, -0.25) is 9.48 Å². The van der Waals surface area contributed by atoms with Gasteiger partial charge in [0.15, 0.2) is 5.65 Å². The Morgan fingerprint density at radius 3 is 2.78 bits per heavy atom. The van der Waals surface area contributed by atoms with Crippen LogP contribution in [0.1, 0.15) is 35.1 Å². The van der Waals surface area contributed by atoms with Gasteiger partial charge < -0.3 is 9.88 Å². The number of amides is 1. The maximum atomic E-state index is 13.0. The standard InChI is InChI=1S/C21H23N5O/c1-5-9-26-10-8-15-12-16(6-7-18(15)26)23-21(27)17-11-13(2)22-20-19(17)14(3)24-25(20)4/h6-8,10-12H,5,9H2,1-4H3,(H,23,27). The van der Waals surface area contributed by atoms with E-state index >= 15 is 0 Å². The van der Waals surface area contributed by atoms with E-state index < -0.39 is 0 Å². The van der Waals surface area contributed by atoms with E-state index in [4.69, 9.17) is 0 Å². The van der Waals surface area contributed by atoms with E-state index in [9.17, 15) is 4.79 Å². The van der Waals surface area contributed by atoms with Crippen molar-refractivity contribution < 1.29 is 4.79 Å². The van der Waals surface area contributed by atoms with E-state index in [1.54, 1.807) is 4.68 Å². The number of fused-ring (bicyclic) bond motifs is 2. The molecule has 0 unspecified atom stereocenters. The number of carbonyl (C=O) groups excluding carboxylic acids is 1. The number of aromatic nitrogens is 4. The first-order valence-corrected chi connectivity index (χ1v) is 9.19. The number of pyridine rings is 1. The maximum absolute atomic E-state index is 13.0. The van der Waals surface area contributed by atoms with Crippen LogP contribution in [0.15, 0.2) is 36.5 Å². The normalized spacial score (nSPS) is 11.4. The number of carbonyl (C=O) groups is 1. The number of hydrogen-bond acceptors (Lipinski definition) is 3. The van der Waals surface area contributed by atoms with Gasteiger partial charge in [0.05, 0.1) is 16.6 Å². The van der Waals surface area contributed by atoms with Crippen molar-refractivity contribution in [1.29, 1.82) is 0 Å². The summed E-state index contributed by atoms with van der Waals surface area (Å²) < 4.78 is 3.95. The first-order valence-electron chi connectivity index (χ1n) is 9.19. The SMILES string of the molecule is CCCn1ccc2cc(NC(=O)c3cc(C)nc4c3c(C)nn4C)ccc21. The number of aryl methyl sites for hydroxylation is 4. The molecule has 6 nitrogen and oxygen atoms in total. The number of hydrogen-bond donors (Lipinski definition) is 1. The van der Waals surface area contributed by atoms with Gasteiger partial charge in [0.25, 0.3) is 5.91 Å². The van der Waals surface area contributed by atoms with Gasteiger partial charge in [-0.15, -0.1) is 0 Å². The van der Waals surface area contributed by atoms with E-state index in [0.717, 1.165) is 46.5 Å². The lowest BCUT2D eigenvalue weighted by molar-refractivity contribution is 0.102. The highest BCUT2D eigenvalue weighted by Crippen LogP contribution is 2.25. The lowest BCUT2D eigenvalue weighted by Gasteiger charge is -2.09. The number of rotatable bonds is 4. The van der Waals surface area contributed by atoms with E-state index in [0.29, 0.717) is 5.56 Å². The van der Waals surface area contributed by atoms with E-state index in [2.05, 4.69) is 45.2 Å². The fraction of sp³-hybridized carbons (Fsp3) is 0.286. The molecule has 0 aliphatic heterocycles. The highest BCUT2D eigenvalue weighted by molar-refractivity contribution is 6.13. The third-order valence-corrected chi connectivity index (χ3v) is 4.83. The predicted octanol–water partition coefficient (Wildman–Crippen LogP) is 4.20. The fourth-order valence-corrected chi connectivity index (χ4v) is 3.66. The molecule has 4 aromatic rings. The molecule has 3 heterocycles. The summed E-state index contributed by atoms with van der Waals surface area (Å²) >= 11 is 0. The van der Waals surface area contributed by atoms with Crippen molar-refractivity contribution in [2.45, 2.75) is 33.7 Å². The van der Waals surface area contributed by atoms with Crippen molar-refractivity contribution in [3.05, 3.63) is 53.5 Å². The summed E-state index contributed by atoms with van der Waals surface area (Å²) in [4.78, 5) is 17.5. The summed E-state index contributed by atoms with van der Waals surface area (Å²) in [6, 6.07) is 9.93. The Kier molecular flexibility index (Phi) is 4.18. The van der Waals surface area contributed by atoms with Crippen LogP contribution in [-0.2, 0) is 13.6 Å². The lowest BCUT2D eigenvalue weighted by Crippen LogP contribution is -2.13. The minimum Gasteiger partial charge on any atom is -0.347 e. The first-order chi connectivity index (χ1) is 13.0. The molecule has 1 aromatic carbocycles. The zero-order valence-electron chi connectivity index (χ0n) is 16.1. The Balaban J connectivity index is 1.70. The minimum absolute atomic E-state index is 0.144. The average molecular weight is 361 g/mol. The molecule has 27 heavy (non-hydrogen) atoms. The van der Waals surface area contributed by atoms with Crippen LogP contribution in [0.4, 0.5) is 5.69 Å². The number of benzene rings is 1. The lowest BCUT2D eigenvalue weighted by atomic mass is 10.1. The first kappa shape index (κ1) is 17.3. The van der Waals surface area contributed by atoms with Gasteiger partial charge in [0, 0.05) is 42.1 Å². The third kappa shape index (κ3) is 2.97. The quantitative estimate of drug-likeness (QED) is 0.592. The molecule has 6 heteroatoms. The van der Waals surface area contributed by atoms with Crippen LogP contribution in [0.5, 0.6) is 0 Å². The maximum Gasteiger partial charge on any atom is 0.256 e. The van der Waals surface area contributed by atoms with Gasteiger partial charge in [-0.25, -0.2) is 4.98 Å². The highest BCUT2D eigenvalue weighted by Gasteiger charge is 2.18. The number of nitrogens with zero attached hydrogens (tertiary/aromatic N) is 4. The fourth-order valence-electron chi connectivity index (χ4n) is 3.66. The Morgan fingerprint density at radius 1 is 1.19 bits per heavy atom. The van der Waals surface area contributed by atoms with Crippen LogP contribution in [0, 0.1) is 13.8 Å². The third-order valence-electron chi connectivity index (χ3n) is 4.83. The topological polar surface area (TPSA) is 64.7 Å². The van der Waals surface area contributed by atoms with Gasteiger partial charge in [-0.05, 0) is 50.6 Å². The smallest absolute Gasteiger partial charge is 0.256 e. The summed E-state index contributed by atoms with van der Waals surface area (Å²) in [5.41, 5.74) is 4.89. The minimum atomic E-state index is -0.144. The number of nitrogens with one attached hydrogen (secondary N) is 1. The van der Waals surface area contributed by atoms with Crippen LogP contribution < -0.4 is 5.32 Å². The van der Waals surface area contributed by atoms with Crippen LogP contribution in [0.3, 0.4) is 0 Å². The Bertz CT molecular complexity index is 1170. The zero-order chi connectivity index (χ0) is 19.1. The molecular weight excluding hydrogens is 338 g/mol. The Morgan fingerprint density at radius 2 is 2.00 bits per heavy atom. The monoisotopic (exact) mass is 361 g/mol. The Labute approximate surface area is 157 Å². The molecule has 1 amide bonds. The van der Waals surface area contributed by atoms with E-state index in [1.807, 2.05) is 39.1 Å². The second-order valence-corrected chi connectivity index (χ2v) is 6.96. The summed E-state index contributed by atoms with van der Waals surface area (Å²) in [5.74, 6) is -0.144. The molecule has 0 radical (unpaired) electrons. The van der Waals surface area contributed by atoms with Crippen LogP contribution in [0.2, 0.25) is 0 Å². The second kappa shape index (κ2) is 6.54. The summed E-state index contributed by atoms with van der Waals surface area (Å²) in [6.45, 7) is 6.95. The summed E-state index contributed by atoms with van der Waals surface area (Å²) in [5, 5.41) is 9.37. The molecule has 0 saturated heterocycles. The Hall–Kier alpha value is -3.15. The molecule has 0 bridgehead atoms. The molecule has 0 saturated carbocycles. The van der Waals surface area contributed by atoms with Crippen molar-refractivity contribution in [3.8, 4) is 0 Å². The van der Waals surface area contributed by atoms with Gasteiger partial charge in [-0.2, -0.15) is 5.10 Å². The van der Waals surface area contributed by atoms with Crippen molar-refractivity contribution in [1.82, 2.24) is 19.3 Å². The van der Waals surface area contributed by atoms with E-state index in [1.165, 1.54) is 5.52 Å². The van der Waals surface area contributed by atoms with Gasteiger partial charge >= 0.3 is 0 Å². The van der Waals surface area contributed by atoms with Crippen LogP contribution in [0.25, 0.3) is 21.9 Å².